The third kappa shape index (κ3) is 5.83. The molecule has 0 saturated carbocycles. The van der Waals surface area contributed by atoms with Crippen LogP contribution in [0, 0.1) is 6.92 Å². The fraction of sp³-hybridized carbons (Fsp3) is 0.0345. The number of rotatable bonds is 6. The molecular weight excluding hydrogens is 410 g/mol. The van der Waals surface area contributed by atoms with E-state index in [-0.39, 0.29) is 5.91 Å². The van der Waals surface area contributed by atoms with Gasteiger partial charge in [0.05, 0.1) is 5.57 Å². The Morgan fingerprint density at radius 2 is 1.30 bits per heavy atom. The molecule has 4 heteroatoms. The van der Waals surface area contributed by atoms with Crippen molar-refractivity contribution in [3.63, 3.8) is 0 Å². The van der Waals surface area contributed by atoms with E-state index in [9.17, 15) is 9.59 Å². The van der Waals surface area contributed by atoms with Gasteiger partial charge in [0.15, 0.2) is 0 Å². The summed E-state index contributed by atoms with van der Waals surface area (Å²) in [4.78, 5) is 25.5. The highest BCUT2D eigenvalue weighted by molar-refractivity contribution is 6.22. The fourth-order valence-electron chi connectivity index (χ4n) is 3.27. The molecule has 33 heavy (non-hydrogen) atoms. The number of aryl methyl sites for hydroxylation is 1. The SMILES string of the molecule is Cc1ccc(NC(=O)c2ccc(OC(=O)/C(=C/c3ccccc3)c3ccccc3)cc2)cc1. The minimum absolute atomic E-state index is 0.231. The van der Waals surface area contributed by atoms with Gasteiger partial charge in [-0.1, -0.05) is 78.4 Å². The number of ether oxygens (including phenoxy) is 1. The lowest BCUT2D eigenvalue weighted by molar-refractivity contribution is -0.127. The van der Waals surface area contributed by atoms with Crippen LogP contribution in [0.2, 0.25) is 0 Å². The van der Waals surface area contributed by atoms with E-state index >= 15 is 0 Å². The minimum Gasteiger partial charge on any atom is -0.423 e. The van der Waals surface area contributed by atoms with E-state index in [0.29, 0.717) is 16.9 Å². The van der Waals surface area contributed by atoms with Crippen molar-refractivity contribution in [3.8, 4) is 5.75 Å². The fourth-order valence-corrected chi connectivity index (χ4v) is 3.27. The van der Waals surface area contributed by atoms with Gasteiger partial charge in [0, 0.05) is 11.3 Å². The van der Waals surface area contributed by atoms with Crippen molar-refractivity contribution in [2.24, 2.45) is 0 Å². The standard InChI is InChI=1S/C29H23NO3/c1-21-12-16-25(17-13-21)30-28(31)24-14-18-26(19-15-24)33-29(32)27(23-10-6-3-7-11-23)20-22-8-4-2-5-9-22/h2-20H,1H3,(H,30,31)/b27-20+. The van der Waals surface area contributed by atoms with E-state index in [1.165, 1.54) is 0 Å². The largest absolute Gasteiger partial charge is 0.423 e. The highest BCUT2D eigenvalue weighted by Gasteiger charge is 2.15. The molecule has 0 aromatic heterocycles. The molecule has 0 atom stereocenters. The molecule has 0 aliphatic carbocycles. The first-order chi connectivity index (χ1) is 16.1. The Morgan fingerprint density at radius 3 is 1.94 bits per heavy atom. The van der Waals surface area contributed by atoms with Crippen LogP contribution in [0.15, 0.2) is 109 Å². The predicted octanol–water partition coefficient (Wildman–Crippen LogP) is 6.39. The Labute approximate surface area is 193 Å². The van der Waals surface area contributed by atoms with Crippen LogP contribution in [0.25, 0.3) is 11.6 Å². The third-order valence-electron chi connectivity index (χ3n) is 5.05. The summed E-state index contributed by atoms with van der Waals surface area (Å²) in [6.07, 6.45) is 1.81. The van der Waals surface area contributed by atoms with Crippen LogP contribution in [-0.4, -0.2) is 11.9 Å². The Balaban J connectivity index is 1.50. The Hall–Kier alpha value is -4.44. The Kier molecular flexibility index (Phi) is 6.76. The van der Waals surface area contributed by atoms with Crippen molar-refractivity contribution < 1.29 is 14.3 Å². The van der Waals surface area contributed by atoms with Crippen LogP contribution in [0.3, 0.4) is 0 Å². The van der Waals surface area contributed by atoms with Gasteiger partial charge >= 0.3 is 5.97 Å². The van der Waals surface area contributed by atoms with Gasteiger partial charge < -0.3 is 10.1 Å². The zero-order valence-corrected chi connectivity index (χ0v) is 18.2. The van der Waals surface area contributed by atoms with Gasteiger partial charge in [-0.15, -0.1) is 0 Å². The summed E-state index contributed by atoms with van der Waals surface area (Å²) < 4.78 is 5.63. The molecule has 0 heterocycles. The lowest BCUT2D eigenvalue weighted by Crippen LogP contribution is -2.13. The zero-order valence-electron chi connectivity index (χ0n) is 18.2. The molecule has 0 bridgehead atoms. The second-order valence-electron chi connectivity index (χ2n) is 7.57. The molecule has 0 spiro atoms. The number of carbonyl (C=O) groups is 2. The number of nitrogens with one attached hydrogen (secondary N) is 1. The number of hydrogen-bond acceptors (Lipinski definition) is 3. The molecule has 4 rings (SSSR count). The molecule has 4 aromatic carbocycles. The number of esters is 1. The van der Waals surface area contributed by atoms with Gasteiger partial charge in [-0.3, -0.25) is 4.79 Å². The third-order valence-corrected chi connectivity index (χ3v) is 5.05. The summed E-state index contributed by atoms with van der Waals surface area (Å²) in [5.41, 5.74) is 4.42. The summed E-state index contributed by atoms with van der Waals surface area (Å²) >= 11 is 0. The number of amides is 1. The topological polar surface area (TPSA) is 55.4 Å². The molecule has 162 valence electrons. The Bertz CT molecular complexity index is 1260. The van der Waals surface area contributed by atoms with E-state index in [2.05, 4.69) is 5.32 Å². The first-order valence-corrected chi connectivity index (χ1v) is 10.6. The summed E-state index contributed by atoms with van der Waals surface area (Å²) in [5, 5.41) is 2.86. The summed E-state index contributed by atoms with van der Waals surface area (Å²) in [6.45, 7) is 1.99. The van der Waals surface area contributed by atoms with Crippen LogP contribution >= 0.6 is 0 Å². The summed E-state index contributed by atoms with van der Waals surface area (Å²) in [6, 6.07) is 33.1. The first-order valence-electron chi connectivity index (χ1n) is 10.6. The normalized spacial score (nSPS) is 11.0. The maximum atomic E-state index is 13.0. The van der Waals surface area contributed by atoms with Gasteiger partial charge in [-0.2, -0.15) is 0 Å². The average Bonchev–Trinajstić information content (AvgIpc) is 2.85. The predicted molar refractivity (Wildman–Crippen MR) is 132 cm³/mol. The van der Waals surface area contributed by atoms with Crippen molar-refractivity contribution in [1.82, 2.24) is 0 Å². The first kappa shape index (κ1) is 21.8. The maximum absolute atomic E-state index is 13.0. The van der Waals surface area contributed by atoms with Gasteiger partial charge in [0.1, 0.15) is 5.75 Å². The smallest absolute Gasteiger partial charge is 0.344 e. The highest BCUT2D eigenvalue weighted by atomic mass is 16.5. The molecule has 4 nitrogen and oxygen atoms in total. The van der Waals surface area contributed by atoms with Gasteiger partial charge in [-0.05, 0) is 60.5 Å². The van der Waals surface area contributed by atoms with Crippen LogP contribution in [0.5, 0.6) is 5.75 Å². The van der Waals surface area contributed by atoms with Crippen molar-refractivity contribution >= 4 is 29.2 Å². The van der Waals surface area contributed by atoms with Crippen LogP contribution in [-0.2, 0) is 4.79 Å². The van der Waals surface area contributed by atoms with Crippen LogP contribution in [0.1, 0.15) is 27.0 Å². The van der Waals surface area contributed by atoms with Gasteiger partial charge in [-0.25, -0.2) is 4.79 Å². The van der Waals surface area contributed by atoms with E-state index in [4.69, 9.17) is 4.74 Å². The highest BCUT2D eigenvalue weighted by Crippen LogP contribution is 2.22. The number of carbonyl (C=O) groups excluding carboxylic acids is 2. The van der Waals surface area contributed by atoms with E-state index < -0.39 is 5.97 Å². The van der Waals surface area contributed by atoms with E-state index in [0.717, 1.165) is 22.4 Å². The number of hydrogen-bond donors (Lipinski definition) is 1. The minimum atomic E-state index is -0.470. The number of benzene rings is 4. The summed E-state index contributed by atoms with van der Waals surface area (Å²) in [5.74, 6) is -0.339. The molecule has 0 fully saturated rings. The molecular formula is C29H23NO3. The summed E-state index contributed by atoms with van der Waals surface area (Å²) in [7, 11) is 0. The van der Waals surface area contributed by atoms with E-state index in [1.54, 1.807) is 30.3 Å². The molecule has 0 saturated heterocycles. The quantitative estimate of drug-likeness (QED) is 0.166. The molecule has 0 radical (unpaired) electrons. The second kappa shape index (κ2) is 10.2. The number of anilines is 1. The average molecular weight is 434 g/mol. The molecule has 0 aliphatic heterocycles. The van der Waals surface area contributed by atoms with Crippen molar-refractivity contribution in [1.29, 1.82) is 0 Å². The lowest BCUT2D eigenvalue weighted by atomic mass is 10.0. The van der Waals surface area contributed by atoms with Crippen molar-refractivity contribution in [2.45, 2.75) is 6.92 Å². The molecule has 1 N–H and O–H groups in total. The molecule has 0 unspecified atom stereocenters. The van der Waals surface area contributed by atoms with Crippen molar-refractivity contribution in [2.75, 3.05) is 5.32 Å². The molecule has 0 aliphatic rings. The van der Waals surface area contributed by atoms with Crippen LogP contribution < -0.4 is 10.1 Å². The van der Waals surface area contributed by atoms with Crippen molar-refractivity contribution in [3.05, 3.63) is 131 Å². The lowest BCUT2D eigenvalue weighted by Gasteiger charge is -2.10. The van der Waals surface area contributed by atoms with Gasteiger partial charge in [0.25, 0.3) is 5.91 Å². The molecule has 1 amide bonds. The Morgan fingerprint density at radius 1 is 0.697 bits per heavy atom. The zero-order chi connectivity index (χ0) is 23.0. The second-order valence-corrected chi connectivity index (χ2v) is 7.57. The maximum Gasteiger partial charge on any atom is 0.344 e. The van der Waals surface area contributed by atoms with E-state index in [1.807, 2.05) is 91.9 Å². The monoisotopic (exact) mass is 433 g/mol. The molecule has 4 aromatic rings. The van der Waals surface area contributed by atoms with Crippen LogP contribution in [0.4, 0.5) is 5.69 Å². The van der Waals surface area contributed by atoms with Gasteiger partial charge in [0.2, 0.25) is 0 Å².